The summed E-state index contributed by atoms with van der Waals surface area (Å²) in [5.74, 6) is 1.44. The van der Waals surface area contributed by atoms with Crippen molar-refractivity contribution in [1.29, 1.82) is 0 Å². The molecule has 0 aromatic carbocycles. The topological polar surface area (TPSA) is 59.5 Å². The molecule has 114 valence electrons. The average molecular weight is 297 g/mol. The molecule has 0 aliphatic carbocycles. The van der Waals surface area contributed by atoms with Gasteiger partial charge in [0.05, 0.1) is 11.7 Å². The van der Waals surface area contributed by atoms with Crippen molar-refractivity contribution in [2.24, 2.45) is 0 Å². The zero-order valence-corrected chi connectivity index (χ0v) is 12.6. The van der Waals surface area contributed by atoms with Gasteiger partial charge in [-0.3, -0.25) is 4.90 Å². The molecule has 0 radical (unpaired) electrons. The van der Waals surface area contributed by atoms with Gasteiger partial charge in [-0.1, -0.05) is 17.6 Å². The summed E-state index contributed by atoms with van der Waals surface area (Å²) in [6.45, 7) is 3.72. The van der Waals surface area contributed by atoms with Crippen molar-refractivity contribution in [3.63, 3.8) is 0 Å². The number of piperidine rings is 1. The summed E-state index contributed by atoms with van der Waals surface area (Å²) in [6, 6.07) is 6.26. The van der Waals surface area contributed by atoms with Gasteiger partial charge in [0.15, 0.2) is 5.82 Å². The molecule has 3 aromatic heterocycles. The molecule has 4 heterocycles. The zero-order valence-electron chi connectivity index (χ0n) is 12.6. The smallest absolute Gasteiger partial charge is 0.243 e. The molecule has 3 aromatic rings. The molecular formula is C16H19N5O. The highest BCUT2D eigenvalue weighted by atomic mass is 16.5. The minimum atomic E-state index is 0.208. The maximum Gasteiger partial charge on any atom is 0.243 e. The summed E-state index contributed by atoms with van der Waals surface area (Å²) in [7, 11) is 0. The van der Waals surface area contributed by atoms with E-state index >= 15 is 0 Å². The van der Waals surface area contributed by atoms with Crippen molar-refractivity contribution in [3.8, 4) is 0 Å². The monoisotopic (exact) mass is 297 g/mol. The first-order valence-electron chi connectivity index (χ1n) is 7.76. The number of fused-ring (bicyclic) bond motifs is 1. The van der Waals surface area contributed by atoms with Crippen LogP contribution in [0.4, 0.5) is 0 Å². The van der Waals surface area contributed by atoms with Crippen LogP contribution >= 0.6 is 0 Å². The normalized spacial score (nSPS) is 19.8. The van der Waals surface area contributed by atoms with Crippen molar-refractivity contribution in [3.05, 3.63) is 48.0 Å². The predicted octanol–water partition coefficient (Wildman–Crippen LogP) is 2.75. The molecule has 1 atom stereocenters. The van der Waals surface area contributed by atoms with E-state index in [0.29, 0.717) is 5.82 Å². The molecule has 0 N–H and O–H groups in total. The van der Waals surface area contributed by atoms with Crippen LogP contribution in [0.1, 0.15) is 42.7 Å². The third-order valence-electron chi connectivity index (χ3n) is 4.22. The Hall–Kier alpha value is -2.21. The maximum atomic E-state index is 5.40. The number of nitrogens with zero attached hydrogens (tertiary/aromatic N) is 5. The Morgan fingerprint density at radius 2 is 2.23 bits per heavy atom. The summed E-state index contributed by atoms with van der Waals surface area (Å²) in [6.07, 6.45) is 7.60. The van der Waals surface area contributed by atoms with Gasteiger partial charge in [-0.2, -0.15) is 4.98 Å². The van der Waals surface area contributed by atoms with E-state index in [1.54, 1.807) is 0 Å². The second kappa shape index (κ2) is 5.53. The summed E-state index contributed by atoms with van der Waals surface area (Å²) in [5.41, 5.74) is 2.06. The first-order chi connectivity index (χ1) is 10.8. The van der Waals surface area contributed by atoms with Crippen LogP contribution in [0, 0.1) is 6.92 Å². The number of imidazole rings is 1. The van der Waals surface area contributed by atoms with Gasteiger partial charge in [0.1, 0.15) is 5.65 Å². The van der Waals surface area contributed by atoms with Crippen LogP contribution in [0.5, 0.6) is 0 Å². The molecule has 4 rings (SSSR count). The van der Waals surface area contributed by atoms with E-state index in [0.717, 1.165) is 36.7 Å². The number of rotatable bonds is 3. The van der Waals surface area contributed by atoms with Crippen LogP contribution in [-0.4, -0.2) is 31.0 Å². The Labute approximate surface area is 128 Å². The fourth-order valence-corrected chi connectivity index (χ4v) is 3.18. The first-order valence-corrected chi connectivity index (χ1v) is 7.76. The molecular weight excluding hydrogens is 278 g/mol. The standard InChI is InChI=1S/C16H19N5O/c1-12-17-16(22-19-12)14-6-2-4-8-20(14)10-13-11-21-9-5-3-7-15(21)18-13/h3,5,7,9,11,14H,2,4,6,8,10H2,1H3. The van der Waals surface area contributed by atoms with Crippen molar-refractivity contribution >= 4 is 5.65 Å². The first kappa shape index (κ1) is 13.5. The average Bonchev–Trinajstić information content (AvgIpc) is 3.13. The van der Waals surface area contributed by atoms with Crippen molar-refractivity contribution in [1.82, 2.24) is 24.4 Å². The molecule has 6 heteroatoms. The third kappa shape index (κ3) is 2.50. The minimum absolute atomic E-state index is 0.208. The highest BCUT2D eigenvalue weighted by Crippen LogP contribution is 2.31. The van der Waals surface area contributed by atoms with Crippen molar-refractivity contribution in [2.45, 2.75) is 38.8 Å². The van der Waals surface area contributed by atoms with E-state index in [4.69, 9.17) is 9.51 Å². The summed E-state index contributed by atoms with van der Waals surface area (Å²) in [4.78, 5) is 11.5. The lowest BCUT2D eigenvalue weighted by molar-refractivity contribution is 0.110. The van der Waals surface area contributed by atoms with E-state index in [1.165, 1.54) is 12.8 Å². The van der Waals surface area contributed by atoms with E-state index in [2.05, 4.69) is 25.6 Å². The van der Waals surface area contributed by atoms with E-state index in [1.807, 2.05) is 31.3 Å². The Bertz CT molecular complexity index is 745. The lowest BCUT2D eigenvalue weighted by atomic mass is 10.0. The maximum absolute atomic E-state index is 5.40. The number of pyridine rings is 1. The minimum Gasteiger partial charge on any atom is -0.338 e. The molecule has 1 fully saturated rings. The number of hydrogen-bond acceptors (Lipinski definition) is 5. The zero-order chi connectivity index (χ0) is 14.9. The fraction of sp³-hybridized carbons (Fsp3) is 0.438. The fourth-order valence-electron chi connectivity index (χ4n) is 3.18. The second-order valence-corrected chi connectivity index (χ2v) is 5.86. The third-order valence-corrected chi connectivity index (χ3v) is 4.22. The van der Waals surface area contributed by atoms with Crippen LogP contribution in [0.3, 0.4) is 0 Å². The van der Waals surface area contributed by atoms with Gasteiger partial charge >= 0.3 is 0 Å². The van der Waals surface area contributed by atoms with E-state index in [-0.39, 0.29) is 6.04 Å². The molecule has 1 unspecified atom stereocenters. The highest BCUT2D eigenvalue weighted by Gasteiger charge is 2.28. The molecule has 1 aliphatic heterocycles. The van der Waals surface area contributed by atoms with Crippen LogP contribution < -0.4 is 0 Å². The summed E-state index contributed by atoms with van der Waals surface area (Å²) in [5, 5.41) is 3.94. The van der Waals surface area contributed by atoms with Crippen molar-refractivity contribution < 1.29 is 4.52 Å². The van der Waals surface area contributed by atoms with Gasteiger partial charge in [-0.05, 0) is 38.4 Å². The lowest BCUT2D eigenvalue weighted by Gasteiger charge is -2.32. The predicted molar refractivity (Wildman–Crippen MR) is 81.2 cm³/mol. The van der Waals surface area contributed by atoms with Crippen LogP contribution in [0.2, 0.25) is 0 Å². The molecule has 0 amide bonds. The van der Waals surface area contributed by atoms with Gasteiger partial charge < -0.3 is 8.92 Å². The Balaban J connectivity index is 1.59. The second-order valence-electron chi connectivity index (χ2n) is 5.86. The highest BCUT2D eigenvalue weighted by molar-refractivity contribution is 5.39. The molecule has 22 heavy (non-hydrogen) atoms. The van der Waals surface area contributed by atoms with Gasteiger partial charge in [0, 0.05) is 18.9 Å². The Kier molecular flexibility index (Phi) is 3.38. The van der Waals surface area contributed by atoms with E-state index in [9.17, 15) is 0 Å². The molecule has 0 saturated carbocycles. The largest absolute Gasteiger partial charge is 0.338 e. The number of aromatic nitrogens is 4. The Morgan fingerprint density at radius 3 is 3.05 bits per heavy atom. The molecule has 0 spiro atoms. The molecule has 6 nitrogen and oxygen atoms in total. The van der Waals surface area contributed by atoms with Crippen LogP contribution in [0.15, 0.2) is 35.1 Å². The number of aryl methyl sites for hydroxylation is 1. The Morgan fingerprint density at radius 1 is 1.27 bits per heavy atom. The summed E-state index contributed by atoms with van der Waals surface area (Å²) >= 11 is 0. The van der Waals surface area contributed by atoms with E-state index < -0.39 is 0 Å². The van der Waals surface area contributed by atoms with Gasteiger partial charge in [0.2, 0.25) is 5.89 Å². The number of likely N-dealkylation sites (tertiary alicyclic amines) is 1. The molecule has 1 aliphatic rings. The lowest BCUT2D eigenvalue weighted by Crippen LogP contribution is -2.33. The molecule has 1 saturated heterocycles. The summed E-state index contributed by atoms with van der Waals surface area (Å²) < 4.78 is 7.46. The molecule has 0 bridgehead atoms. The van der Waals surface area contributed by atoms with Crippen LogP contribution in [-0.2, 0) is 6.54 Å². The van der Waals surface area contributed by atoms with Crippen molar-refractivity contribution in [2.75, 3.05) is 6.54 Å². The van der Waals surface area contributed by atoms with Gasteiger partial charge in [-0.25, -0.2) is 4.98 Å². The SMILES string of the molecule is Cc1noc(C2CCCCN2Cc2cn3ccccc3n2)n1. The van der Waals surface area contributed by atoms with Gasteiger partial charge in [-0.15, -0.1) is 0 Å². The van der Waals surface area contributed by atoms with Gasteiger partial charge in [0.25, 0.3) is 0 Å². The van der Waals surface area contributed by atoms with Crippen LogP contribution in [0.25, 0.3) is 5.65 Å². The number of hydrogen-bond donors (Lipinski definition) is 0. The quantitative estimate of drug-likeness (QED) is 0.744.